The average molecular weight is 2150 g/mol. The van der Waals surface area contributed by atoms with Crippen LogP contribution in [0.5, 0.6) is 0 Å². The minimum Gasteiger partial charge on any atom is -0.647 e. The van der Waals surface area contributed by atoms with E-state index in [1.54, 1.807) is 177 Å². The molecule has 11 amide bonds. The summed E-state index contributed by atoms with van der Waals surface area (Å²) in [5.41, 5.74) is 13.9. The number of nitrogens with one attached hydrogen (secondary N) is 4. The summed E-state index contributed by atoms with van der Waals surface area (Å²) in [5.74, 6) is -1.65. The number of ether oxygens (including phenoxy) is 11. The third kappa shape index (κ3) is 49.6. The normalized spacial score (nSPS) is 10.2. The van der Waals surface area contributed by atoms with E-state index in [4.69, 9.17) is 62.9 Å². The molecule has 138 heavy (non-hydrogen) atoms. The molecular weight excluding hydrogens is 2050 g/mol. The zero-order chi connectivity index (χ0) is 96.7. The minimum atomic E-state index is -1.02. The van der Waals surface area contributed by atoms with Gasteiger partial charge in [0.25, 0.3) is 0 Å². The van der Waals surface area contributed by atoms with Gasteiger partial charge in [-0.15, -0.1) is 43.9 Å². The number of alkyl carbamates (subject to hydrolysis) is 4. The van der Waals surface area contributed by atoms with Crippen molar-refractivity contribution in [1.82, 2.24) is 36.0 Å². The fraction of sp³-hybridized carbons (Fsp3) is 0.173. The number of aliphatic hydroxyl groups excluding tert-OH is 1. The summed E-state index contributed by atoms with van der Waals surface area (Å²) in [7, 11) is 5.65. The zero-order valence-electron chi connectivity index (χ0n) is 75.5. The molecule has 0 aromatic heterocycles. The molecule has 0 unspecified atom stereocenters. The Balaban J connectivity index is 0.000000380. The quantitative estimate of drug-likeness (QED) is 0.0134. The molecule has 2 radical (unpaired) electrons. The second kappa shape index (κ2) is 69.3. The first kappa shape index (κ1) is 116. The number of hydrogen-bond acceptors (Lipinski definition) is 23. The molecule has 0 bridgehead atoms. The predicted octanol–water partition coefficient (Wildman–Crippen LogP) is 18.1. The van der Waals surface area contributed by atoms with Crippen molar-refractivity contribution < 1.29 is 175 Å². The average Bonchev–Trinajstić information content (AvgIpc) is 0.807. The number of aliphatic imine (C=N–C) groups is 4. The Labute approximate surface area is 864 Å². The van der Waals surface area contributed by atoms with E-state index < -0.39 is 84.9 Å². The van der Waals surface area contributed by atoms with Crippen molar-refractivity contribution in [3.8, 4) is 0 Å². The first-order chi connectivity index (χ1) is 65.6. The molecule has 0 saturated heterocycles. The van der Waals surface area contributed by atoms with Crippen molar-refractivity contribution in [2.75, 3.05) is 41.6 Å². The Morgan fingerprint density at radius 3 is 0.754 bits per heavy atom. The largest absolute Gasteiger partial charge is 0.647 e. The zero-order valence-corrected chi connectivity index (χ0v) is 83.5. The van der Waals surface area contributed by atoms with Crippen LogP contribution in [0.1, 0.15) is 61.2 Å². The Morgan fingerprint density at radius 2 is 0.493 bits per heavy atom. The molecule has 0 fully saturated rings. The molecule has 0 aliphatic heterocycles. The Bertz CT molecular complexity index is 5510. The van der Waals surface area contributed by atoms with Crippen molar-refractivity contribution in [1.29, 1.82) is 0 Å². The van der Waals surface area contributed by atoms with E-state index >= 15 is 0 Å². The molecule has 0 spiro atoms. The Hall–Kier alpha value is -14.5. The summed E-state index contributed by atoms with van der Waals surface area (Å²) in [4.78, 5) is 153. The molecule has 11 aromatic rings. The first-order valence-electron chi connectivity index (χ1n) is 41.0. The molecule has 0 aliphatic carbocycles. The topological polar surface area (TPSA) is 471 Å². The van der Waals surface area contributed by atoms with Crippen molar-refractivity contribution in [2.24, 2.45) is 25.7 Å². The van der Waals surface area contributed by atoms with Crippen LogP contribution in [0.15, 0.2) is 354 Å². The van der Waals surface area contributed by atoms with Gasteiger partial charge < -0.3 is 73.6 Å². The van der Waals surface area contributed by atoms with Crippen molar-refractivity contribution >= 4 is 115 Å². The summed E-state index contributed by atoms with van der Waals surface area (Å²) in [6.07, 6.45) is -10.1. The molecular formula is C98H101IN14O23Y2-2. The third-order valence-corrected chi connectivity index (χ3v) is 17.0. The van der Waals surface area contributed by atoms with Crippen LogP contribution in [-0.2, 0) is 190 Å². The maximum absolute atomic E-state index is 13.0. The molecule has 11 rings (SSSR count). The summed E-state index contributed by atoms with van der Waals surface area (Å²) >= 11 is 0. The van der Waals surface area contributed by atoms with Gasteiger partial charge in [0.15, 0.2) is 0 Å². The van der Waals surface area contributed by atoms with Gasteiger partial charge in [-0.3, -0.25) is 26.2 Å². The molecule has 0 heterocycles. The van der Waals surface area contributed by atoms with E-state index in [1.165, 1.54) is 21.1 Å². The van der Waals surface area contributed by atoms with Crippen LogP contribution in [0.25, 0.3) is 10.6 Å². The fourth-order valence-corrected chi connectivity index (χ4v) is 10.4. The second-order valence-corrected chi connectivity index (χ2v) is 27.3. The molecule has 7 N–H and O–H groups in total. The van der Waals surface area contributed by atoms with Crippen LogP contribution in [0.2, 0.25) is 0 Å². The van der Waals surface area contributed by atoms with Crippen LogP contribution in [0.3, 0.4) is 0 Å². The molecule has 716 valence electrons. The SMILES string of the molecule is CN(C(=O)OCc1ccccc1)C(=NC(=O)OCc1ccccc1)NC(=O)OCc1ccccc1.C[N-]CN(C(=O)OCc1ccccc1)C(=NC(=O)OCc1ccccc1)N(C)C(=O)OCc1ccccc1.C[N-]CO.I.NC(=NC(=O)OCc1ccccc1)NC(=O)OCc1ccccc1.O=C(N=C(NC(=O)OCc1ccccc1)NC(=O)OCc1ccccc1)OCc1ccccc1.[Y].[Y]. The van der Waals surface area contributed by atoms with Crippen molar-refractivity contribution in [3.63, 3.8) is 0 Å². The number of carbonyl (C=O) groups excluding carboxylic acids is 11. The summed E-state index contributed by atoms with van der Waals surface area (Å²) < 4.78 is 56.7. The first-order valence-corrected chi connectivity index (χ1v) is 41.0. The van der Waals surface area contributed by atoms with Gasteiger partial charge in [0.2, 0.25) is 23.8 Å². The number of halogens is 1. The smallest absolute Gasteiger partial charge is 0.437 e. The number of guanidine groups is 4. The van der Waals surface area contributed by atoms with Gasteiger partial charge in [-0.25, -0.2) is 62.5 Å². The number of amides is 11. The molecule has 11 aromatic carbocycles. The second-order valence-electron chi connectivity index (χ2n) is 27.3. The fourth-order valence-electron chi connectivity index (χ4n) is 10.4. The summed E-state index contributed by atoms with van der Waals surface area (Å²) in [6, 6.07) is 99.5. The number of aliphatic hydroxyl groups is 1. The maximum atomic E-state index is 13.0. The van der Waals surface area contributed by atoms with Crippen molar-refractivity contribution in [2.45, 2.75) is 72.7 Å². The molecule has 0 atom stereocenters. The predicted molar refractivity (Wildman–Crippen MR) is 513 cm³/mol. The number of benzene rings is 11. The Kier molecular flexibility index (Phi) is 58.2. The van der Waals surface area contributed by atoms with Gasteiger partial charge in [-0.05, 0) is 67.9 Å². The van der Waals surface area contributed by atoms with Crippen LogP contribution in [0, 0.1) is 0 Å². The third-order valence-electron chi connectivity index (χ3n) is 17.0. The maximum Gasteiger partial charge on any atom is 0.437 e. The van der Waals surface area contributed by atoms with Crippen LogP contribution in [0.4, 0.5) is 52.7 Å². The van der Waals surface area contributed by atoms with Crippen molar-refractivity contribution in [3.05, 3.63) is 405 Å². The van der Waals surface area contributed by atoms with E-state index in [1.807, 2.05) is 164 Å². The van der Waals surface area contributed by atoms with Crippen LogP contribution in [-0.4, -0.2) is 152 Å². The van der Waals surface area contributed by atoms with Crippen LogP contribution < -0.4 is 27.0 Å². The van der Waals surface area contributed by atoms with E-state index in [-0.39, 0.29) is 181 Å². The minimum absolute atomic E-state index is 0. The van der Waals surface area contributed by atoms with E-state index in [9.17, 15) is 52.7 Å². The molecule has 37 nitrogen and oxygen atoms in total. The molecule has 0 saturated carbocycles. The van der Waals surface area contributed by atoms with Gasteiger partial charge in [0.1, 0.15) is 72.7 Å². The number of nitrogens with two attached hydrogens (primary N) is 1. The monoisotopic (exact) mass is 2150 g/mol. The molecule has 0 aliphatic rings. The van der Waals surface area contributed by atoms with Gasteiger partial charge >= 0.3 is 67.0 Å². The van der Waals surface area contributed by atoms with Gasteiger partial charge in [0.05, 0.1) is 0 Å². The summed E-state index contributed by atoms with van der Waals surface area (Å²) in [6.45, 7) is -0.371. The van der Waals surface area contributed by atoms with E-state index in [0.29, 0.717) is 0 Å². The number of nitrogens with zero attached hydrogens (tertiary/aromatic N) is 9. The standard InChI is InChI=1S/C28H29N4O6.C26H25N3O6.C25H23N3O6.C17H17N3O4.C2H6NO.HI.2Y/c1-29-21-32(28(35)38-20-24-16-10-5-11-17-24)25(30-26(33)36-18-22-12-6-3-7-13-22)31(2)27(34)37-19-23-14-8-4-9-15-23;1-29(26(32)35-19-22-15-9-4-10-16-22)23(27-24(30)33-17-20-11-5-2-6-12-20)28-25(31)34-18-21-13-7-3-8-14-21;29-23(32-16-19-10-4-1-5-11-19)26-22(27-24(30)33-17-20-12-6-2-7-13-20)28-25(31)34-18-21-14-8-3-9-15-21;18-15(19-16(21)23-11-13-7-3-1-4-8-13)20-17(22)24-12-14-9-5-2-6-10-14;1-3-2-4;;;/h3-17H,18-21H2,1-2H3;2-16H,17-19H2,1H3,(H,27,28,30,31);1-15H,16-18H2,(H2,26,27,28,29,30,31);1-10H,11-12H2,(H3,18,19,20,21,22);4H,2H2,1H3;1H;;/q-1;;;;-1;;;. The van der Waals surface area contributed by atoms with Crippen LogP contribution >= 0.6 is 24.0 Å². The number of hydrogen-bond donors (Lipinski definition) is 6. The number of carbonyl (C=O) groups is 11. The number of rotatable bonds is 25. The van der Waals surface area contributed by atoms with Gasteiger partial charge in [-0.1, -0.05) is 340 Å². The van der Waals surface area contributed by atoms with E-state index in [0.717, 1.165) is 75.9 Å². The summed E-state index contributed by atoms with van der Waals surface area (Å²) in [5, 5.41) is 23.9. The van der Waals surface area contributed by atoms with Gasteiger partial charge in [-0.2, -0.15) is 14.1 Å². The molecule has 40 heteroatoms. The van der Waals surface area contributed by atoms with E-state index in [2.05, 4.69) is 51.9 Å². The van der Waals surface area contributed by atoms with Gasteiger partial charge in [0, 0.05) is 79.5 Å². The Morgan fingerprint density at radius 1 is 0.283 bits per heavy atom.